The zero-order chi connectivity index (χ0) is 26.6. The molecule has 11 heteroatoms. The molecule has 1 unspecified atom stereocenters. The van der Waals surface area contributed by atoms with Gasteiger partial charge in [0, 0.05) is 38.6 Å². The SMILES string of the molecule is Cc1cc(N2CCN(C3CC(OC4CCNCC4)C3)CC2)c(F)c2c1C(=O)N(C1CCC(=O)NC1=O)C2=O. The van der Waals surface area contributed by atoms with Gasteiger partial charge in [0.15, 0.2) is 5.82 Å². The quantitative estimate of drug-likeness (QED) is 0.545. The van der Waals surface area contributed by atoms with Gasteiger partial charge in [0.1, 0.15) is 6.04 Å². The van der Waals surface area contributed by atoms with Crippen molar-refractivity contribution in [3.8, 4) is 0 Å². The van der Waals surface area contributed by atoms with Crippen LogP contribution in [0.1, 0.15) is 64.8 Å². The average molecular weight is 528 g/mol. The van der Waals surface area contributed by atoms with Gasteiger partial charge in [0.05, 0.1) is 29.0 Å². The smallest absolute Gasteiger partial charge is 0.265 e. The first-order valence-electron chi connectivity index (χ1n) is 13.7. The Morgan fingerprint density at radius 1 is 0.921 bits per heavy atom. The van der Waals surface area contributed by atoms with Crippen LogP contribution in [0.4, 0.5) is 10.1 Å². The second-order valence-corrected chi connectivity index (χ2v) is 11.1. The first-order chi connectivity index (χ1) is 18.3. The van der Waals surface area contributed by atoms with Crippen molar-refractivity contribution in [1.82, 2.24) is 20.4 Å². The molecule has 10 nitrogen and oxygen atoms in total. The number of nitrogens with one attached hydrogen (secondary N) is 2. The molecule has 0 bridgehead atoms. The summed E-state index contributed by atoms with van der Waals surface area (Å²) in [5.74, 6) is -3.36. The van der Waals surface area contributed by atoms with Crippen molar-refractivity contribution in [2.75, 3.05) is 44.2 Å². The molecule has 2 N–H and O–H groups in total. The molecule has 4 heterocycles. The first-order valence-corrected chi connectivity index (χ1v) is 13.7. The number of fused-ring (bicyclic) bond motifs is 1. The van der Waals surface area contributed by atoms with Gasteiger partial charge in [-0.05, 0) is 63.7 Å². The maximum absolute atomic E-state index is 15.8. The number of amides is 4. The first kappa shape index (κ1) is 25.4. The molecule has 5 aliphatic rings. The minimum Gasteiger partial charge on any atom is -0.375 e. The number of piperazine rings is 1. The van der Waals surface area contributed by atoms with Crippen LogP contribution in [-0.4, -0.2) is 97.0 Å². The van der Waals surface area contributed by atoms with Gasteiger partial charge in [-0.2, -0.15) is 0 Å². The van der Waals surface area contributed by atoms with E-state index in [9.17, 15) is 19.2 Å². The number of hydrogen-bond acceptors (Lipinski definition) is 8. The molecule has 1 saturated carbocycles. The lowest BCUT2D eigenvalue weighted by Crippen LogP contribution is -2.56. The lowest BCUT2D eigenvalue weighted by molar-refractivity contribution is -0.136. The summed E-state index contributed by atoms with van der Waals surface area (Å²) in [6, 6.07) is 1.00. The number of rotatable bonds is 5. The zero-order valence-corrected chi connectivity index (χ0v) is 21.6. The summed E-state index contributed by atoms with van der Waals surface area (Å²) < 4.78 is 22.1. The number of ether oxygens (including phenoxy) is 1. The normalized spacial score (nSPS) is 28.9. The van der Waals surface area contributed by atoms with Gasteiger partial charge in [-0.3, -0.25) is 34.3 Å². The van der Waals surface area contributed by atoms with Gasteiger partial charge in [-0.25, -0.2) is 4.39 Å². The minimum absolute atomic E-state index is 0.00819. The van der Waals surface area contributed by atoms with E-state index < -0.39 is 35.5 Å². The molecule has 3 saturated heterocycles. The topological polar surface area (TPSA) is 111 Å². The Hall–Kier alpha value is -2.89. The Morgan fingerprint density at radius 2 is 1.61 bits per heavy atom. The third-order valence-electron chi connectivity index (χ3n) is 8.74. The number of piperidine rings is 2. The summed E-state index contributed by atoms with van der Waals surface area (Å²) in [6.45, 7) is 6.54. The lowest BCUT2D eigenvalue weighted by Gasteiger charge is -2.47. The van der Waals surface area contributed by atoms with Crippen molar-refractivity contribution in [3.05, 3.63) is 28.6 Å². The van der Waals surface area contributed by atoms with E-state index in [1.807, 2.05) is 4.90 Å². The van der Waals surface area contributed by atoms with Gasteiger partial charge in [0.25, 0.3) is 11.8 Å². The molecule has 4 amide bonds. The van der Waals surface area contributed by atoms with Crippen molar-refractivity contribution in [3.63, 3.8) is 0 Å². The number of halogens is 1. The second-order valence-electron chi connectivity index (χ2n) is 11.1. The molecule has 0 radical (unpaired) electrons. The molecule has 1 aromatic carbocycles. The fraction of sp³-hybridized carbons (Fsp3) is 0.630. The molecule has 0 aromatic heterocycles. The third kappa shape index (κ3) is 4.40. The summed E-state index contributed by atoms with van der Waals surface area (Å²) >= 11 is 0. The van der Waals surface area contributed by atoms with Gasteiger partial charge in [-0.15, -0.1) is 0 Å². The van der Waals surface area contributed by atoms with Gasteiger partial charge >= 0.3 is 0 Å². The largest absolute Gasteiger partial charge is 0.375 e. The maximum Gasteiger partial charge on any atom is 0.265 e. The maximum atomic E-state index is 15.8. The highest BCUT2D eigenvalue weighted by Gasteiger charge is 2.47. The predicted molar refractivity (Wildman–Crippen MR) is 135 cm³/mol. The predicted octanol–water partition coefficient (Wildman–Crippen LogP) is 0.957. The average Bonchev–Trinajstić information content (AvgIpc) is 3.15. The lowest BCUT2D eigenvalue weighted by atomic mass is 9.87. The molecule has 4 aliphatic heterocycles. The Labute approximate surface area is 220 Å². The number of nitrogens with zero attached hydrogens (tertiary/aromatic N) is 3. The summed E-state index contributed by atoms with van der Waals surface area (Å²) in [6.07, 6.45) is 4.96. The monoisotopic (exact) mass is 527 g/mol. The van der Waals surface area contributed by atoms with Crippen LogP contribution in [0.2, 0.25) is 0 Å². The van der Waals surface area contributed by atoms with E-state index in [4.69, 9.17) is 4.74 Å². The van der Waals surface area contributed by atoms with Crippen LogP contribution in [0, 0.1) is 12.7 Å². The van der Waals surface area contributed by atoms with Crippen LogP contribution in [0.5, 0.6) is 0 Å². The molecule has 4 fully saturated rings. The number of carbonyl (C=O) groups excluding carboxylic acids is 4. The molecule has 1 atom stereocenters. The van der Waals surface area contributed by atoms with Crippen LogP contribution < -0.4 is 15.5 Å². The highest BCUT2D eigenvalue weighted by atomic mass is 19.1. The van der Waals surface area contributed by atoms with Crippen LogP contribution >= 0.6 is 0 Å². The molecule has 38 heavy (non-hydrogen) atoms. The van der Waals surface area contributed by atoms with Crippen LogP contribution in [0.25, 0.3) is 0 Å². The number of imide groups is 2. The van der Waals surface area contributed by atoms with Crippen molar-refractivity contribution in [2.24, 2.45) is 0 Å². The number of benzene rings is 1. The second kappa shape index (κ2) is 10.0. The summed E-state index contributed by atoms with van der Waals surface area (Å²) in [5, 5.41) is 5.53. The Kier molecular flexibility index (Phi) is 6.69. The van der Waals surface area contributed by atoms with E-state index in [0.717, 1.165) is 56.8 Å². The van der Waals surface area contributed by atoms with E-state index >= 15 is 4.39 Å². The van der Waals surface area contributed by atoms with E-state index in [2.05, 4.69) is 15.5 Å². The Balaban J connectivity index is 1.11. The minimum atomic E-state index is -1.11. The summed E-state index contributed by atoms with van der Waals surface area (Å²) in [4.78, 5) is 55.5. The molecule has 6 rings (SSSR count). The van der Waals surface area contributed by atoms with Crippen LogP contribution in [-0.2, 0) is 14.3 Å². The van der Waals surface area contributed by atoms with E-state index in [1.165, 1.54) is 0 Å². The molecular weight excluding hydrogens is 493 g/mol. The molecule has 0 spiro atoms. The third-order valence-corrected chi connectivity index (χ3v) is 8.74. The van der Waals surface area contributed by atoms with Crippen molar-refractivity contribution in [1.29, 1.82) is 0 Å². The Bertz CT molecular complexity index is 1170. The van der Waals surface area contributed by atoms with Crippen molar-refractivity contribution >= 4 is 29.3 Å². The number of hydrogen-bond donors (Lipinski definition) is 2. The summed E-state index contributed by atoms with van der Waals surface area (Å²) in [7, 11) is 0. The molecule has 1 aromatic rings. The zero-order valence-electron chi connectivity index (χ0n) is 21.6. The number of carbonyl (C=O) groups is 4. The highest BCUT2D eigenvalue weighted by molar-refractivity contribution is 6.24. The van der Waals surface area contributed by atoms with Crippen LogP contribution in [0.15, 0.2) is 6.07 Å². The van der Waals surface area contributed by atoms with Crippen LogP contribution in [0.3, 0.4) is 0 Å². The standard InChI is InChI=1S/C27H34FN5O5/c1-15-12-20(24(28)23-22(15)26(36)33(27(23)37)19-2-3-21(34)30-25(19)35)32-10-8-31(9-11-32)16-13-18(14-16)38-17-4-6-29-7-5-17/h12,16-19,29H,2-11,13-14H2,1H3,(H,30,34,35). The van der Waals surface area contributed by atoms with E-state index in [1.54, 1.807) is 13.0 Å². The number of anilines is 1. The van der Waals surface area contributed by atoms with E-state index in [0.29, 0.717) is 42.6 Å². The fourth-order valence-corrected chi connectivity index (χ4v) is 6.51. The highest BCUT2D eigenvalue weighted by Crippen LogP contribution is 2.37. The van der Waals surface area contributed by atoms with Crippen molar-refractivity contribution < 1.29 is 28.3 Å². The van der Waals surface area contributed by atoms with E-state index in [-0.39, 0.29) is 24.0 Å². The Morgan fingerprint density at radius 3 is 2.29 bits per heavy atom. The molecule has 204 valence electrons. The molecular formula is C27H34FN5O5. The summed E-state index contributed by atoms with van der Waals surface area (Å²) in [5.41, 5.74) is 0.555. The fourth-order valence-electron chi connectivity index (χ4n) is 6.51. The number of aryl methyl sites for hydroxylation is 1. The molecule has 1 aliphatic carbocycles. The van der Waals surface area contributed by atoms with Gasteiger partial charge in [0.2, 0.25) is 11.8 Å². The van der Waals surface area contributed by atoms with Gasteiger partial charge in [-0.1, -0.05) is 0 Å². The van der Waals surface area contributed by atoms with Gasteiger partial charge < -0.3 is 15.0 Å². The van der Waals surface area contributed by atoms with Crippen molar-refractivity contribution in [2.45, 2.75) is 69.7 Å².